The minimum Gasteiger partial charge on any atom is -0.334 e. The van der Waals surface area contributed by atoms with Crippen molar-refractivity contribution in [2.75, 3.05) is 13.1 Å². The van der Waals surface area contributed by atoms with Crippen LogP contribution in [0, 0.1) is 0 Å². The molecule has 1 aromatic heterocycles. The van der Waals surface area contributed by atoms with Crippen molar-refractivity contribution in [2.45, 2.75) is 43.5 Å². The zero-order valence-electron chi connectivity index (χ0n) is 14.3. The second-order valence-corrected chi connectivity index (χ2v) is 7.98. The summed E-state index contributed by atoms with van der Waals surface area (Å²) in [4.78, 5) is 4.62. The topological polar surface area (TPSA) is 102 Å². The van der Waals surface area contributed by atoms with Crippen molar-refractivity contribution >= 4 is 22.4 Å². The van der Waals surface area contributed by atoms with E-state index in [4.69, 9.17) is 10.3 Å². The molecule has 0 aliphatic heterocycles. The maximum Gasteiger partial charge on any atom is 0.257 e. The Bertz CT molecular complexity index is 812. The van der Waals surface area contributed by atoms with E-state index >= 15 is 0 Å². The smallest absolute Gasteiger partial charge is 0.257 e. The van der Waals surface area contributed by atoms with Crippen LogP contribution in [0.1, 0.15) is 38.9 Å². The SMILES string of the molecule is CCN(CC)S(=O)(=O)c1ccc(-c2nc(C3(N)CCC3)no2)cc1.Cl. The third-order valence-electron chi connectivity index (χ3n) is 4.56. The van der Waals surface area contributed by atoms with E-state index < -0.39 is 15.6 Å². The normalized spacial score (nSPS) is 16.3. The lowest BCUT2D eigenvalue weighted by Crippen LogP contribution is -2.44. The Hall–Kier alpha value is -1.48. The first-order chi connectivity index (χ1) is 11.4. The minimum atomic E-state index is -3.47. The van der Waals surface area contributed by atoms with Gasteiger partial charge in [0, 0.05) is 18.7 Å². The second kappa shape index (κ2) is 7.41. The Kier molecular flexibility index (Phi) is 5.88. The molecular weight excluding hydrogens is 364 g/mol. The molecule has 9 heteroatoms. The average molecular weight is 387 g/mol. The van der Waals surface area contributed by atoms with Gasteiger partial charge in [0.25, 0.3) is 5.89 Å². The molecule has 0 amide bonds. The molecule has 1 aromatic carbocycles. The Balaban J connectivity index is 0.00000225. The van der Waals surface area contributed by atoms with Crippen LogP contribution in [0.4, 0.5) is 0 Å². The maximum atomic E-state index is 12.5. The molecule has 7 nitrogen and oxygen atoms in total. The number of benzene rings is 1. The van der Waals surface area contributed by atoms with Gasteiger partial charge in [-0.2, -0.15) is 9.29 Å². The number of rotatable bonds is 6. The van der Waals surface area contributed by atoms with E-state index in [-0.39, 0.29) is 17.3 Å². The molecular formula is C16H23ClN4O3S. The number of sulfonamides is 1. The first-order valence-corrected chi connectivity index (χ1v) is 9.58. The third-order valence-corrected chi connectivity index (χ3v) is 6.63. The van der Waals surface area contributed by atoms with Crippen molar-refractivity contribution < 1.29 is 12.9 Å². The summed E-state index contributed by atoms with van der Waals surface area (Å²) in [5, 5.41) is 3.97. The molecule has 1 heterocycles. The van der Waals surface area contributed by atoms with E-state index in [1.807, 2.05) is 13.8 Å². The van der Waals surface area contributed by atoms with Crippen LogP contribution in [-0.4, -0.2) is 36.0 Å². The second-order valence-electron chi connectivity index (χ2n) is 6.05. The van der Waals surface area contributed by atoms with Crippen molar-refractivity contribution in [2.24, 2.45) is 5.73 Å². The molecule has 25 heavy (non-hydrogen) atoms. The number of halogens is 1. The largest absolute Gasteiger partial charge is 0.334 e. The van der Waals surface area contributed by atoms with Gasteiger partial charge in [-0.25, -0.2) is 8.42 Å². The van der Waals surface area contributed by atoms with Crippen molar-refractivity contribution in [3.63, 3.8) is 0 Å². The molecule has 0 saturated heterocycles. The fourth-order valence-corrected chi connectivity index (χ4v) is 4.26. The number of hydrogen-bond acceptors (Lipinski definition) is 6. The lowest BCUT2D eigenvalue weighted by Gasteiger charge is -2.34. The fourth-order valence-electron chi connectivity index (χ4n) is 2.81. The Morgan fingerprint density at radius 1 is 1.20 bits per heavy atom. The lowest BCUT2D eigenvalue weighted by molar-refractivity contribution is 0.229. The van der Waals surface area contributed by atoms with Crippen LogP contribution in [0.5, 0.6) is 0 Å². The van der Waals surface area contributed by atoms with E-state index in [9.17, 15) is 8.42 Å². The number of nitrogens with zero attached hydrogens (tertiary/aromatic N) is 3. The van der Waals surface area contributed by atoms with Crippen LogP contribution < -0.4 is 5.73 Å². The summed E-state index contributed by atoms with van der Waals surface area (Å²) in [5.74, 6) is 0.872. The average Bonchev–Trinajstić information content (AvgIpc) is 3.04. The molecule has 2 aromatic rings. The monoisotopic (exact) mass is 386 g/mol. The summed E-state index contributed by atoms with van der Waals surface area (Å²) in [5.41, 5.74) is 6.39. The van der Waals surface area contributed by atoms with Crippen LogP contribution in [-0.2, 0) is 15.6 Å². The van der Waals surface area contributed by atoms with E-state index in [1.165, 1.54) is 4.31 Å². The molecule has 0 radical (unpaired) electrons. The van der Waals surface area contributed by atoms with Crippen molar-refractivity contribution in [3.8, 4) is 11.5 Å². The van der Waals surface area contributed by atoms with Gasteiger partial charge in [-0.05, 0) is 43.5 Å². The van der Waals surface area contributed by atoms with Crippen LogP contribution in [0.2, 0.25) is 0 Å². The van der Waals surface area contributed by atoms with Crippen LogP contribution in [0.25, 0.3) is 11.5 Å². The summed E-state index contributed by atoms with van der Waals surface area (Å²) in [6.45, 7) is 4.51. The van der Waals surface area contributed by atoms with Crippen LogP contribution in [0.3, 0.4) is 0 Å². The summed E-state index contributed by atoms with van der Waals surface area (Å²) in [7, 11) is -3.47. The zero-order chi connectivity index (χ0) is 17.4. The summed E-state index contributed by atoms with van der Waals surface area (Å²) in [6.07, 6.45) is 2.78. The third kappa shape index (κ3) is 3.57. The van der Waals surface area contributed by atoms with E-state index in [0.29, 0.717) is 30.4 Å². The summed E-state index contributed by atoms with van der Waals surface area (Å²) in [6, 6.07) is 6.48. The van der Waals surface area contributed by atoms with Gasteiger partial charge in [0.05, 0.1) is 10.4 Å². The maximum absolute atomic E-state index is 12.5. The highest BCUT2D eigenvalue weighted by Crippen LogP contribution is 2.37. The quantitative estimate of drug-likeness (QED) is 0.818. The first kappa shape index (κ1) is 19.8. The molecule has 1 aliphatic rings. The highest BCUT2D eigenvalue weighted by atomic mass is 35.5. The molecule has 0 atom stereocenters. The number of aromatic nitrogens is 2. The zero-order valence-corrected chi connectivity index (χ0v) is 15.9. The number of hydrogen-bond donors (Lipinski definition) is 1. The Morgan fingerprint density at radius 3 is 2.28 bits per heavy atom. The molecule has 1 fully saturated rings. The molecule has 0 unspecified atom stereocenters. The highest BCUT2D eigenvalue weighted by molar-refractivity contribution is 7.89. The molecule has 138 valence electrons. The van der Waals surface area contributed by atoms with Gasteiger partial charge in [-0.15, -0.1) is 12.4 Å². The van der Waals surface area contributed by atoms with Crippen molar-refractivity contribution in [1.29, 1.82) is 0 Å². The van der Waals surface area contributed by atoms with E-state index in [0.717, 1.165) is 19.3 Å². The predicted octanol–water partition coefficient (Wildman–Crippen LogP) is 2.53. The first-order valence-electron chi connectivity index (χ1n) is 8.14. The number of nitrogens with two attached hydrogens (primary N) is 1. The van der Waals surface area contributed by atoms with Gasteiger partial charge in [-0.3, -0.25) is 0 Å². The fraction of sp³-hybridized carbons (Fsp3) is 0.500. The van der Waals surface area contributed by atoms with Gasteiger partial charge < -0.3 is 10.3 Å². The van der Waals surface area contributed by atoms with Gasteiger partial charge in [0.2, 0.25) is 10.0 Å². The standard InChI is InChI=1S/C16H22N4O3S.ClH/c1-3-20(4-2)24(21,22)13-8-6-12(7-9-13)14-18-15(19-23-14)16(17)10-5-11-16;/h6-9H,3-5,10-11,17H2,1-2H3;1H. The molecule has 3 rings (SSSR count). The Morgan fingerprint density at radius 2 is 1.80 bits per heavy atom. The highest BCUT2D eigenvalue weighted by Gasteiger charge is 2.39. The molecule has 1 aliphatic carbocycles. The Labute approximate surface area is 154 Å². The van der Waals surface area contributed by atoms with E-state index in [2.05, 4.69) is 10.1 Å². The molecule has 0 spiro atoms. The van der Waals surface area contributed by atoms with Crippen molar-refractivity contribution in [1.82, 2.24) is 14.4 Å². The molecule has 2 N–H and O–H groups in total. The molecule has 1 saturated carbocycles. The van der Waals surface area contributed by atoms with Gasteiger partial charge >= 0.3 is 0 Å². The van der Waals surface area contributed by atoms with Crippen LogP contribution in [0.15, 0.2) is 33.7 Å². The molecule has 0 bridgehead atoms. The lowest BCUT2D eigenvalue weighted by atomic mass is 9.77. The van der Waals surface area contributed by atoms with Gasteiger partial charge in [0.15, 0.2) is 5.82 Å². The van der Waals surface area contributed by atoms with Gasteiger partial charge in [-0.1, -0.05) is 19.0 Å². The van der Waals surface area contributed by atoms with Crippen molar-refractivity contribution in [3.05, 3.63) is 30.1 Å². The summed E-state index contributed by atoms with van der Waals surface area (Å²) < 4.78 is 31.7. The predicted molar refractivity (Wildman–Crippen MR) is 96.8 cm³/mol. The minimum absolute atomic E-state index is 0. The summed E-state index contributed by atoms with van der Waals surface area (Å²) >= 11 is 0. The van der Waals surface area contributed by atoms with E-state index in [1.54, 1.807) is 24.3 Å². The van der Waals surface area contributed by atoms with Gasteiger partial charge in [0.1, 0.15) is 0 Å². The van der Waals surface area contributed by atoms with Crippen LogP contribution >= 0.6 is 12.4 Å².